The third-order valence-corrected chi connectivity index (χ3v) is 3.31. The highest BCUT2D eigenvalue weighted by Crippen LogP contribution is 2.26. The summed E-state index contributed by atoms with van der Waals surface area (Å²) in [7, 11) is 0. The molecule has 1 aromatic rings. The zero-order chi connectivity index (χ0) is 10.8. The minimum atomic E-state index is 0.583. The number of rotatable bonds is 1. The highest BCUT2D eigenvalue weighted by Gasteiger charge is 2.18. The summed E-state index contributed by atoms with van der Waals surface area (Å²) in [5.41, 5.74) is 4.23. The molecule has 0 aliphatic carbocycles. The molecule has 1 saturated heterocycles. The third kappa shape index (κ3) is 2.60. The van der Waals surface area contributed by atoms with Gasteiger partial charge in [0.1, 0.15) is 0 Å². The van der Waals surface area contributed by atoms with Gasteiger partial charge in [-0.3, -0.25) is 0 Å². The summed E-state index contributed by atoms with van der Waals surface area (Å²) in [5, 5.41) is 3.64. The van der Waals surface area contributed by atoms with Crippen LogP contribution in [0.5, 0.6) is 0 Å². The molecular formula is C14H21N. The van der Waals surface area contributed by atoms with Crippen molar-refractivity contribution in [3.8, 4) is 0 Å². The first-order valence-electron chi connectivity index (χ1n) is 5.97. The lowest BCUT2D eigenvalue weighted by Gasteiger charge is -2.28. The van der Waals surface area contributed by atoms with Crippen molar-refractivity contribution in [2.24, 2.45) is 5.92 Å². The van der Waals surface area contributed by atoms with Crippen LogP contribution < -0.4 is 5.32 Å². The minimum Gasteiger partial charge on any atom is -0.310 e. The topological polar surface area (TPSA) is 12.0 Å². The fraction of sp³-hybridized carbons (Fsp3) is 0.571. The Bertz CT molecular complexity index is 315. The first-order valence-corrected chi connectivity index (χ1v) is 5.97. The summed E-state index contributed by atoms with van der Waals surface area (Å²) in [6.07, 6.45) is 2.63. The normalized spacial score (nSPS) is 26.6. The van der Waals surface area contributed by atoms with Crippen molar-refractivity contribution in [3.05, 3.63) is 34.9 Å². The molecular weight excluding hydrogens is 182 g/mol. The number of hydrogen-bond donors (Lipinski definition) is 1. The van der Waals surface area contributed by atoms with Crippen molar-refractivity contribution >= 4 is 0 Å². The molecule has 1 aliphatic heterocycles. The van der Waals surface area contributed by atoms with Crippen LogP contribution >= 0.6 is 0 Å². The predicted molar refractivity (Wildman–Crippen MR) is 65.1 cm³/mol. The van der Waals surface area contributed by atoms with Gasteiger partial charge in [0.05, 0.1) is 0 Å². The highest BCUT2D eigenvalue weighted by molar-refractivity contribution is 5.30. The van der Waals surface area contributed by atoms with E-state index < -0.39 is 0 Å². The molecule has 2 rings (SSSR count). The Morgan fingerprint density at radius 2 is 1.73 bits per heavy atom. The van der Waals surface area contributed by atoms with Crippen molar-refractivity contribution < 1.29 is 0 Å². The van der Waals surface area contributed by atoms with Gasteiger partial charge in [0.2, 0.25) is 0 Å². The van der Waals surface area contributed by atoms with E-state index in [1.807, 2.05) is 0 Å². The van der Waals surface area contributed by atoms with Crippen molar-refractivity contribution in [1.29, 1.82) is 0 Å². The average molecular weight is 203 g/mol. The Morgan fingerprint density at radius 3 is 2.27 bits per heavy atom. The van der Waals surface area contributed by atoms with Gasteiger partial charge in [0, 0.05) is 6.04 Å². The average Bonchev–Trinajstić information content (AvgIpc) is 2.17. The van der Waals surface area contributed by atoms with Gasteiger partial charge in [-0.25, -0.2) is 0 Å². The quantitative estimate of drug-likeness (QED) is 0.738. The summed E-state index contributed by atoms with van der Waals surface area (Å²) in [6.45, 7) is 7.85. The van der Waals surface area contributed by atoms with Gasteiger partial charge >= 0.3 is 0 Å². The molecule has 1 nitrogen and oxygen atoms in total. The Labute approximate surface area is 92.9 Å². The van der Waals surface area contributed by atoms with Crippen LogP contribution in [0.1, 0.15) is 42.5 Å². The largest absolute Gasteiger partial charge is 0.310 e. The second-order valence-corrected chi connectivity index (χ2v) is 5.06. The van der Waals surface area contributed by atoms with Crippen LogP contribution in [-0.4, -0.2) is 6.54 Å². The molecule has 1 aliphatic rings. The van der Waals surface area contributed by atoms with Gasteiger partial charge in [0.25, 0.3) is 0 Å². The maximum absolute atomic E-state index is 3.64. The van der Waals surface area contributed by atoms with Crippen molar-refractivity contribution in [3.63, 3.8) is 0 Å². The van der Waals surface area contributed by atoms with Crippen LogP contribution in [-0.2, 0) is 0 Å². The maximum Gasteiger partial charge on any atom is 0.0320 e. The Morgan fingerprint density at radius 1 is 1.07 bits per heavy atom. The van der Waals surface area contributed by atoms with E-state index in [1.54, 1.807) is 0 Å². The van der Waals surface area contributed by atoms with Gasteiger partial charge in [-0.15, -0.1) is 0 Å². The standard InChI is InChI=1S/C14H21N/c1-10-4-5-14(15-9-10)13-7-11(2)6-12(3)8-13/h6-8,10,14-15H,4-5,9H2,1-3H3/t10-,14+/m0/s1. The fourth-order valence-corrected chi connectivity index (χ4v) is 2.49. The molecule has 1 heterocycles. The highest BCUT2D eigenvalue weighted by atomic mass is 14.9. The second-order valence-electron chi connectivity index (χ2n) is 5.06. The van der Waals surface area contributed by atoms with Crippen LogP contribution in [0.25, 0.3) is 0 Å². The lowest BCUT2D eigenvalue weighted by Crippen LogP contribution is -2.31. The van der Waals surface area contributed by atoms with E-state index in [1.165, 1.54) is 29.5 Å². The molecule has 0 radical (unpaired) electrons. The van der Waals surface area contributed by atoms with E-state index in [4.69, 9.17) is 0 Å². The monoisotopic (exact) mass is 203 g/mol. The molecule has 0 amide bonds. The number of benzene rings is 1. The van der Waals surface area contributed by atoms with Gasteiger partial charge in [-0.2, -0.15) is 0 Å². The molecule has 0 saturated carbocycles. The van der Waals surface area contributed by atoms with E-state index in [9.17, 15) is 0 Å². The van der Waals surface area contributed by atoms with Crippen LogP contribution in [0.2, 0.25) is 0 Å². The predicted octanol–water partition coefficient (Wildman–Crippen LogP) is 3.36. The Balaban J connectivity index is 2.15. The third-order valence-electron chi connectivity index (χ3n) is 3.31. The maximum atomic E-state index is 3.64. The van der Waals surface area contributed by atoms with E-state index in [0.717, 1.165) is 12.5 Å². The Hall–Kier alpha value is -0.820. The van der Waals surface area contributed by atoms with Gasteiger partial charge in [-0.05, 0) is 44.7 Å². The smallest absolute Gasteiger partial charge is 0.0320 e. The second kappa shape index (κ2) is 4.36. The Kier molecular flexibility index (Phi) is 3.11. The molecule has 82 valence electrons. The van der Waals surface area contributed by atoms with Crippen molar-refractivity contribution in [2.75, 3.05) is 6.54 Å². The van der Waals surface area contributed by atoms with E-state index in [0.29, 0.717) is 6.04 Å². The first-order chi connectivity index (χ1) is 7.15. The molecule has 0 unspecified atom stereocenters. The lowest BCUT2D eigenvalue weighted by molar-refractivity contribution is 0.333. The van der Waals surface area contributed by atoms with E-state index in [2.05, 4.69) is 44.3 Å². The van der Waals surface area contributed by atoms with Gasteiger partial charge in [-0.1, -0.05) is 36.2 Å². The number of aryl methyl sites for hydroxylation is 2. The molecule has 2 atom stereocenters. The molecule has 0 aromatic heterocycles. The fourth-order valence-electron chi connectivity index (χ4n) is 2.49. The minimum absolute atomic E-state index is 0.583. The van der Waals surface area contributed by atoms with Crippen molar-refractivity contribution in [1.82, 2.24) is 5.32 Å². The van der Waals surface area contributed by atoms with Crippen LogP contribution in [0.15, 0.2) is 18.2 Å². The molecule has 1 aromatic carbocycles. The molecule has 0 spiro atoms. The summed E-state index contributed by atoms with van der Waals surface area (Å²) < 4.78 is 0. The molecule has 0 bridgehead atoms. The molecule has 1 heteroatoms. The number of piperidine rings is 1. The summed E-state index contributed by atoms with van der Waals surface area (Å²) in [6, 6.07) is 7.47. The number of hydrogen-bond acceptors (Lipinski definition) is 1. The van der Waals surface area contributed by atoms with Gasteiger partial charge in [0.15, 0.2) is 0 Å². The van der Waals surface area contributed by atoms with Crippen LogP contribution in [0, 0.1) is 19.8 Å². The SMILES string of the molecule is Cc1cc(C)cc([C@H]2CC[C@H](C)CN2)c1. The number of nitrogens with one attached hydrogen (secondary N) is 1. The zero-order valence-corrected chi connectivity index (χ0v) is 10.0. The van der Waals surface area contributed by atoms with E-state index >= 15 is 0 Å². The summed E-state index contributed by atoms with van der Waals surface area (Å²) in [5.74, 6) is 0.840. The molecule has 1 fully saturated rings. The summed E-state index contributed by atoms with van der Waals surface area (Å²) in [4.78, 5) is 0. The van der Waals surface area contributed by atoms with E-state index in [-0.39, 0.29) is 0 Å². The van der Waals surface area contributed by atoms with Crippen LogP contribution in [0.4, 0.5) is 0 Å². The lowest BCUT2D eigenvalue weighted by atomic mass is 9.91. The van der Waals surface area contributed by atoms with Crippen molar-refractivity contribution in [2.45, 2.75) is 39.7 Å². The summed E-state index contributed by atoms with van der Waals surface area (Å²) >= 11 is 0. The molecule has 1 N–H and O–H groups in total. The van der Waals surface area contributed by atoms with Crippen LogP contribution in [0.3, 0.4) is 0 Å². The zero-order valence-electron chi connectivity index (χ0n) is 10.0. The van der Waals surface area contributed by atoms with Gasteiger partial charge < -0.3 is 5.32 Å². The first kappa shape index (κ1) is 10.7. The molecule has 15 heavy (non-hydrogen) atoms.